The van der Waals surface area contributed by atoms with Gasteiger partial charge in [0.2, 0.25) is 11.8 Å². The van der Waals surface area contributed by atoms with Crippen molar-refractivity contribution in [3.05, 3.63) is 40.6 Å². The molecule has 2 aromatic rings. The Kier molecular flexibility index (Phi) is 2.81. The van der Waals surface area contributed by atoms with Crippen molar-refractivity contribution < 1.29 is 14.0 Å². The molecule has 2 heterocycles. The van der Waals surface area contributed by atoms with Crippen LogP contribution in [0.5, 0.6) is 0 Å². The summed E-state index contributed by atoms with van der Waals surface area (Å²) in [4.78, 5) is 36.5. The summed E-state index contributed by atoms with van der Waals surface area (Å²) in [5, 5.41) is 4.62. The standard InChI is InChI=1S/C13H10FN3O3/c14-9-4-1-3-8-7-15-17(13(20)12(8)9)16-10(18)5-2-6-11(16)19/h1,3-4,7H,2,5-6H2. The lowest BCUT2D eigenvalue weighted by Crippen LogP contribution is -2.53. The Morgan fingerprint density at radius 1 is 1.10 bits per heavy atom. The monoisotopic (exact) mass is 275 g/mol. The van der Waals surface area contributed by atoms with Gasteiger partial charge in [0.15, 0.2) is 0 Å². The normalized spacial score (nSPS) is 15.9. The molecule has 0 radical (unpaired) electrons. The van der Waals surface area contributed by atoms with E-state index in [4.69, 9.17) is 0 Å². The number of imide groups is 1. The maximum absolute atomic E-state index is 13.8. The van der Waals surface area contributed by atoms with E-state index in [0.717, 1.165) is 6.07 Å². The predicted octanol–water partition coefficient (Wildman–Crippen LogP) is 0.711. The molecule has 0 saturated carbocycles. The first kappa shape index (κ1) is 12.5. The van der Waals surface area contributed by atoms with E-state index in [1.54, 1.807) is 0 Å². The van der Waals surface area contributed by atoms with Crippen molar-refractivity contribution in [2.45, 2.75) is 19.3 Å². The number of halogens is 1. The zero-order valence-electron chi connectivity index (χ0n) is 10.4. The second kappa shape index (κ2) is 4.52. The molecule has 0 N–H and O–H groups in total. The molecule has 1 saturated heterocycles. The topological polar surface area (TPSA) is 72.3 Å². The number of fused-ring (bicyclic) bond motifs is 1. The Morgan fingerprint density at radius 2 is 1.80 bits per heavy atom. The average Bonchev–Trinajstić information content (AvgIpc) is 2.41. The fourth-order valence-corrected chi connectivity index (χ4v) is 2.24. The number of piperidine rings is 1. The number of amides is 2. The molecule has 2 amide bonds. The van der Waals surface area contributed by atoms with Crippen molar-refractivity contribution >= 4 is 22.6 Å². The summed E-state index contributed by atoms with van der Waals surface area (Å²) >= 11 is 0. The van der Waals surface area contributed by atoms with Crippen molar-refractivity contribution in [3.63, 3.8) is 0 Å². The first-order valence-corrected chi connectivity index (χ1v) is 6.12. The number of aromatic nitrogens is 2. The van der Waals surface area contributed by atoms with Gasteiger partial charge in [0.1, 0.15) is 5.82 Å². The van der Waals surface area contributed by atoms with Crippen LogP contribution in [0.1, 0.15) is 19.3 Å². The van der Waals surface area contributed by atoms with Crippen LogP contribution in [0.15, 0.2) is 29.2 Å². The van der Waals surface area contributed by atoms with Crippen LogP contribution in [-0.2, 0) is 9.59 Å². The lowest BCUT2D eigenvalue weighted by atomic mass is 10.1. The largest absolute Gasteiger partial charge is 0.297 e. The van der Waals surface area contributed by atoms with Crippen LogP contribution in [0.2, 0.25) is 0 Å². The van der Waals surface area contributed by atoms with Gasteiger partial charge >= 0.3 is 0 Å². The predicted molar refractivity (Wildman–Crippen MR) is 68.0 cm³/mol. The summed E-state index contributed by atoms with van der Waals surface area (Å²) in [5.74, 6) is -1.72. The molecule has 0 bridgehead atoms. The molecule has 1 aromatic heterocycles. The van der Waals surface area contributed by atoms with E-state index < -0.39 is 23.2 Å². The molecule has 7 heteroatoms. The lowest BCUT2D eigenvalue weighted by Gasteiger charge is -2.24. The number of hydrogen-bond acceptors (Lipinski definition) is 4. The van der Waals surface area contributed by atoms with E-state index in [2.05, 4.69) is 5.10 Å². The van der Waals surface area contributed by atoms with E-state index in [1.165, 1.54) is 18.3 Å². The fourth-order valence-electron chi connectivity index (χ4n) is 2.24. The number of rotatable bonds is 1. The minimum absolute atomic E-state index is 0.162. The van der Waals surface area contributed by atoms with Gasteiger partial charge in [-0.25, -0.2) is 4.39 Å². The number of benzene rings is 1. The van der Waals surface area contributed by atoms with Crippen LogP contribution in [0.25, 0.3) is 10.8 Å². The van der Waals surface area contributed by atoms with Crippen LogP contribution in [0, 0.1) is 5.82 Å². The summed E-state index contributed by atoms with van der Waals surface area (Å²) in [6.07, 6.45) is 2.03. The zero-order valence-corrected chi connectivity index (χ0v) is 10.4. The Hall–Kier alpha value is -2.57. The molecular formula is C13H10FN3O3. The van der Waals surface area contributed by atoms with Crippen molar-refractivity contribution in [1.82, 2.24) is 9.89 Å². The maximum Gasteiger partial charge on any atom is 0.297 e. The lowest BCUT2D eigenvalue weighted by molar-refractivity contribution is -0.131. The number of carbonyl (C=O) groups excluding carboxylic acids is 2. The highest BCUT2D eigenvalue weighted by molar-refractivity contribution is 6.10. The molecule has 3 rings (SSSR count). The summed E-state index contributed by atoms with van der Waals surface area (Å²) in [7, 11) is 0. The minimum atomic E-state index is -0.816. The molecule has 1 aromatic carbocycles. The minimum Gasteiger partial charge on any atom is -0.272 e. The second-order valence-electron chi connectivity index (χ2n) is 4.50. The highest BCUT2D eigenvalue weighted by Crippen LogP contribution is 2.14. The van der Waals surface area contributed by atoms with Crippen LogP contribution in [0.3, 0.4) is 0 Å². The number of carbonyl (C=O) groups is 2. The van der Waals surface area contributed by atoms with Crippen molar-refractivity contribution in [2.75, 3.05) is 5.01 Å². The van der Waals surface area contributed by atoms with Gasteiger partial charge in [-0.15, -0.1) is 4.79 Å². The van der Waals surface area contributed by atoms with Gasteiger partial charge in [0.05, 0.1) is 11.6 Å². The third-order valence-electron chi connectivity index (χ3n) is 3.19. The first-order valence-electron chi connectivity index (χ1n) is 6.12. The molecule has 1 aliphatic heterocycles. The van der Waals surface area contributed by atoms with E-state index in [9.17, 15) is 18.8 Å². The van der Waals surface area contributed by atoms with Gasteiger partial charge < -0.3 is 0 Å². The summed E-state index contributed by atoms with van der Waals surface area (Å²) in [6, 6.07) is 4.14. The number of nitrogens with zero attached hydrogens (tertiary/aromatic N) is 3. The van der Waals surface area contributed by atoms with Crippen LogP contribution in [0.4, 0.5) is 4.39 Å². The van der Waals surface area contributed by atoms with Gasteiger partial charge in [-0.3, -0.25) is 14.4 Å². The molecular weight excluding hydrogens is 265 g/mol. The molecule has 1 aliphatic rings. The Morgan fingerprint density at radius 3 is 2.50 bits per heavy atom. The van der Waals surface area contributed by atoms with E-state index in [1.807, 2.05) is 0 Å². The van der Waals surface area contributed by atoms with Gasteiger partial charge in [-0.1, -0.05) is 12.1 Å². The summed E-state index contributed by atoms with van der Waals surface area (Å²) < 4.78 is 13.8. The van der Waals surface area contributed by atoms with Crippen molar-refractivity contribution in [1.29, 1.82) is 0 Å². The van der Waals surface area contributed by atoms with Gasteiger partial charge in [0, 0.05) is 18.2 Å². The van der Waals surface area contributed by atoms with Gasteiger partial charge in [-0.2, -0.15) is 10.1 Å². The third-order valence-corrected chi connectivity index (χ3v) is 3.19. The zero-order chi connectivity index (χ0) is 14.3. The highest BCUT2D eigenvalue weighted by atomic mass is 19.1. The van der Waals surface area contributed by atoms with Crippen molar-refractivity contribution in [3.8, 4) is 0 Å². The van der Waals surface area contributed by atoms with Crippen LogP contribution < -0.4 is 10.6 Å². The molecule has 102 valence electrons. The maximum atomic E-state index is 13.8. The van der Waals surface area contributed by atoms with Crippen molar-refractivity contribution in [2.24, 2.45) is 0 Å². The van der Waals surface area contributed by atoms with E-state index in [-0.39, 0.29) is 18.2 Å². The molecule has 6 nitrogen and oxygen atoms in total. The molecule has 20 heavy (non-hydrogen) atoms. The number of hydrogen-bond donors (Lipinski definition) is 0. The quantitative estimate of drug-likeness (QED) is 0.718. The van der Waals surface area contributed by atoms with E-state index >= 15 is 0 Å². The second-order valence-corrected chi connectivity index (χ2v) is 4.50. The van der Waals surface area contributed by atoms with Gasteiger partial charge in [-0.05, 0) is 12.5 Å². The SMILES string of the molecule is O=C1CCCC(=O)N1n1ncc2cccc(F)c2c1=O. The Labute approximate surface area is 112 Å². The average molecular weight is 275 g/mol. The highest BCUT2D eigenvalue weighted by Gasteiger charge is 2.29. The fraction of sp³-hybridized carbons (Fsp3) is 0.231. The summed E-state index contributed by atoms with van der Waals surface area (Å²) in [6.45, 7) is 0. The van der Waals surface area contributed by atoms with Gasteiger partial charge in [0.25, 0.3) is 5.56 Å². The van der Waals surface area contributed by atoms with E-state index in [0.29, 0.717) is 21.6 Å². The Bertz CT molecular complexity index is 768. The van der Waals surface area contributed by atoms with Crippen LogP contribution >= 0.6 is 0 Å². The smallest absolute Gasteiger partial charge is 0.272 e. The third kappa shape index (κ3) is 1.78. The molecule has 0 unspecified atom stereocenters. The first-order chi connectivity index (χ1) is 9.59. The molecule has 0 atom stereocenters. The van der Waals surface area contributed by atoms with Crippen LogP contribution in [-0.4, -0.2) is 21.7 Å². The summed E-state index contributed by atoms with van der Waals surface area (Å²) in [5.41, 5.74) is -0.816. The molecule has 1 fully saturated rings. The molecule has 0 spiro atoms. The Balaban J connectivity index is 2.25. The molecule has 0 aliphatic carbocycles.